The smallest absolute Gasteiger partial charge is 0.258 e. The molecule has 0 aliphatic carbocycles. The van der Waals surface area contributed by atoms with Crippen molar-refractivity contribution in [2.24, 2.45) is 0 Å². The molecule has 8 heteroatoms. The van der Waals surface area contributed by atoms with Gasteiger partial charge in [0.1, 0.15) is 21.5 Å². The first-order chi connectivity index (χ1) is 6.99. The lowest BCUT2D eigenvalue weighted by molar-refractivity contribution is -0.386. The molecule has 5 nitrogen and oxygen atoms in total. The molecule has 0 bridgehead atoms. The van der Waals surface area contributed by atoms with Crippen molar-refractivity contribution in [1.29, 1.82) is 5.26 Å². The summed E-state index contributed by atoms with van der Waals surface area (Å²) in [6, 6.07) is 1.49. The van der Waals surface area contributed by atoms with Crippen LogP contribution in [0.4, 0.5) is 14.5 Å². The lowest BCUT2D eigenvalue weighted by atomic mass is 10.1. The van der Waals surface area contributed by atoms with Crippen molar-refractivity contribution >= 4 is 28.3 Å². The Kier molecular flexibility index (Phi) is 3.46. The Balaban J connectivity index is 3.58. The fourth-order valence-electron chi connectivity index (χ4n) is 0.964. The van der Waals surface area contributed by atoms with Gasteiger partial charge in [-0.3, -0.25) is 10.1 Å². The first-order valence-corrected chi connectivity index (χ1v) is 4.58. The summed E-state index contributed by atoms with van der Waals surface area (Å²) in [5.74, 6) is 0. The largest absolute Gasteiger partial charge is 0.297 e. The summed E-state index contributed by atoms with van der Waals surface area (Å²) in [7, 11) is 0. The van der Waals surface area contributed by atoms with E-state index in [0.717, 1.165) is 6.20 Å². The molecule has 0 unspecified atom stereocenters. The zero-order chi connectivity index (χ0) is 11.6. The van der Waals surface area contributed by atoms with Crippen molar-refractivity contribution in [3.05, 3.63) is 31.1 Å². The zero-order valence-corrected chi connectivity index (χ0v) is 9.10. The van der Waals surface area contributed by atoms with Gasteiger partial charge in [0.05, 0.1) is 10.5 Å². The molecule has 1 heterocycles. The predicted octanol–water partition coefficient (Wildman–Crippen LogP) is 2.40. The van der Waals surface area contributed by atoms with E-state index in [4.69, 9.17) is 5.26 Å². The van der Waals surface area contributed by atoms with Crippen LogP contribution in [-0.4, -0.2) is 9.91 Å². The Hall–Kier alpha value is -1.37. The summed E-state index contributed by atoms with van der Waals surface area (Å²) in [4.78, 5) is 12.9. The minimum atomic E-state index is -3.07. The van der Waals surface area contributed by atoms with Crippen molar-refractivity contribution in [3.8, 4) is 6.07 Å². The highest BCUT2D eigenvalue weighted by Gasteiger charge is 2.28. The molecule has 0 radical (unpaired) electrons. The van der Waals surface area contributed by atoms with E-state index >= 15 is 0 Å². The maximum absolute atomic E-state index is 12.5. The number of halogens is 3. The second kappa shape index (κ2) is 4.43. The molecule has 1 rings (SSSR count). The first kappa shape index (κ1) is 11.7. The molecule has 0 saturated carbocycles. The number of nitriles is 1. The Morgan fingerprint density at radius 1 is 1.67 bits per heavy atom. The van der Waals surface area contributed by atoms with Crippen LogP contribution in [0.2, 0.25) is 0 Å². The highest BCUT2D eigenvalue weighted by atomic mass is 127. The maximum Gasteiger partial charge on any atom is 0.297 e. The number of nitrogens with zero attached hydrogens (tertiary/aromatic N) is 3. The molecule has 0 aliphatic heterocycles. The van der Waals surface area contributed by atoms with Crippen molar-refractivity contribution in [2.45, 2.75) is 6.43 Å². The minimum absolute atomic E-state index is 0.0241. The molecule has 1 aromatic heterocycles. The van der Waals surface area contributed by atoms with Crippen LogP contribution in [0.5, 0.6) is 0 Å². The van der Waals surface area contributed by atoms with Crippen LogP contribution in [0.15, 0.2) is 6.20 Å². The Labute approximate surface area is 96.0 Å². The lowest BCUT2D eigenvalue weighted by Gasteiger charge is -2.04. The third-order valence-corrected chi connectivity index (χ3v) is 2.40. The van der Waals surface area contributed by atoms with Crippen LogP contribution >= 0.6 is 22.6 Å². The second-order valence-electron chi connectivity index (χ2n) is 2.39. The summed E-state index contributed by atoms with van der Waals surface area (Å²) in [5.41, 5.74) is -2.15. The van der Waals surface area contributed by atoms with Gasteiger partial charge in [0.15, 0.2) is 0 Å². The average molecular weight is 325 g/mol. The molecule has 1 aromatic rings. The van der Waals surface area contributed by atoms with E-state index in [0.29, 0.717) is 0 Å². The highest BCUT2D eigenvalue weighted by Crippen LogP contribution is 2.32. The van der Waals surface area contributed by atoms with E-state index in [1.54, 1.807) is 22.6 Å². The number of nitro groups is 1. The van der Waals surface area contributed by atoms with Crippen molar-refractivity contribution in [2.75, 3.05) is 0 Å². The fourth-order valence-corrected chi connectivity index (χ4v) is 1.51. The number of pyridine rings is 1. The summed E-state index contributed by atoms with van der Waals surface area (Å²) < 4.78 is 25.1. The summed E-state index contributed by atoms with van der Waals surface area (Å²) in [6.07, 6.45) is -2.35. The molecular formula is C7H2F2IN3O2. The molecule has 0 spiro atoms. The Morgan fingerprint density at radius 2 is 2.27 bits per heavy atom. The van der Waals surface area contributed by atoms with E-state index in [9.17, 15) is 18.9 Å². The van der Waals surface area contributed by atoms with Crippen LogP contribution in [0.25, 0.3) is 0 Å². The first-order valence-electron chi connectivity index (χ1n) is 3.50. The van der Waals surface area contributed by atoms with E-state index in [-0.39, 0.29) is 3.70 Å². The van der Waals surface area contributed by atoms with Gasteiger partial charge < -0.3 is 0 Å². The zero-order valence-electron chi connectivity index (χ0n) is 6.95. The van der Waals surface area contributed by atoms with Gasteiger partial charge in [0, 0.05) is 0 Å². The number of hydrogen-bond acceptors (Lipinski definition) is 4. The Bertz CT molecular complexity index is 458. The number of alkyl halides is 2. The van der Waals surface area contributed by atoms with Crippen LogP contribution in [0.1, 0.15) is 17.6 Å². The Morgan fingerprint density at radius 3 is 2.67 bits per heavy atom. The number of hydrogen-bond donors (Lipinski definition) is 0. The third kappa shape index (κ3) is 2.17. The maximum atomic E-state index is 12.5. The lowest BCUT2D eigenvalue weighted by Crippen LogP contribution is -2.03. The molecule has 0 amide bonds. The molecule has 0 N–H and O–H groups in total. The molecule has 0 fully saturated rings. The quantitative estimate of drug-likeness (QED) is 0.362. The van der Waals surface area contributed by atoms with Crippen LogP contribution < -0.4 is 0 Å². The predicted molar refractivity (Wildman–Crippen MR) is 53.3 cm³/mol. The van der Waals surface area contributed by atoms with Gasteiger partial charge in [-0.15, -0.1) is 0 Å². The van der Waals surface area contributed by atoms with Gasteiger partial charge >= 0.3 is 0 Å². The standard InChI is InChI=1S/C7H2F2IN3O2/c8-6(9)5-3(1-11)7(10)12-2-4(5)13(14)15/h2,6H. The van der Waals surface area contributed by atoms with Gasteiger partial charge in [0.2, 0.25) is 0 Å². The van der Waals surface area contributed by atoms with E-state index in [2.05, 4.69) is 4.98 Å². The molecule has 0 saturated heterocycles. The normalized spacial score (nSPS) is 10.1. The van der Waals surface area contributed by atoms with Crippen LogP contribution in [0.3, 0.4) is 0 Å². The SMILES string of the molecule is N#Cc1c(I)ncc([N+](=O)[O-])c1C(F)F. The van der Waals surface area contributed by atoms with Gasteiger partial charge in [-0.25, -0.2) is 13.8 Å². The van der Waals surface area contributed by atoms with E-state index in [1.807, 2.05) is 0 Å². The van der Waals surface area contributed by atoms with E-state index in [1.165, 1.54) is 6.07 Å². The van der Waals surface area contributed by atoms with Gasteiger partial charge in [-0.2, -0.15) is 5.26 Å². The van der Waals surface area contributed by atoms with Crippen molar-refractivity contribution < 1.29 is 13.7 Å². The molecular weight excluding hydrogens is 323 g/mol. The summed E-state index contributed by atoms with van der Waals surface area (Å²) >= 11 is 1.57. The monoisotopic (exact) mass is 325 g/mol. The highest BCUT2D eigenvalue weighted by molar-refractivity contribution is 14.1. The fraction of sp³-hybridized carbons (Fsp3) is 0.143. The third-order valence-electron chi connectivity index (χ3n) is 1.58. The molecule has 0 aromatic carbocycles. The van der Waals surface area contributed by atoms with Crippen molar-refractivity contribution in [1.82, 2.24) is 4.98 Å². The second-order valence-corrected chi connectivity index (χ2v) is 3.41. The van der Waals surface area contributed by atoms with Crippen LogP contribution in [0, 0.1) is 25.1 Å². The molecule has 15 heavy (non-hydrogen) atoms. The molecule has 78 valence electrons. The molecule has 0 aliphatic rings. The van der Waals surface area contributed by atoms with Crippen molar-refractivity contribution in [3.63, 3.8) is 0 Å². The van der Waals surface area contributed by atoms with Gasteiger partial charge in [-0.05, 0) is 22.6 Å². The molecule has 0 atom stereocenters. The number of rotatable bonds is 2. The van der Waals surface area contributed by atoms with Gasteiger partial charge in [0.25, 0.3) is 12.1 Å². The average Bonchev–Trinajstić information content (AvgIpc) is 2.16. The number of aromatic nitrogens is 1. The topological polar surface area (TPSA) is 79.8 Å². The van der Waals surface area contributed by atoms with E-state index < -0.39 is 28.2 Å². The minimum Gasteiger partial charge on any atom is -0.258 e. The van der Waals surface area contributed by atoms with Crippen LogP contribution in [-0.2, 0) is 0 Å². The summed E-state index contributed by atoms with van der Waals surface area (Å²) in [6.45, 7) is 0. The summed E-state index contributed by atoms with van der Waals surface area (Å²) in [5, 5.41) is 19.0. The van der Waals surface area contributed by atoms with Gasteiger partial charge in [-0.1, -0.05) is 0 Å².